The summed E-state index contributed by atoms with van der Waals surface area (Å²) in [6.45, 7) is 1.98. The molecule has 0 saturated carbocycles. The van der Waals surface area contributed by atoms with E-state index in [-0.39, 0.29) is 6.61 Å². The van der Waals surface area contributed by atoms with E-state index in [0.29, 0.717) is 0 Å². The standard InChI is InChI=1S/C9H13NO3/c1-2-13-8(11)7-5-3-4-6-9(7,10)12/h3-7,12H,2,10H2,1H3. The number of esters is 1. The fourth-order valence-electron chi connectivity index (χ4n) is 1.14. The molecule has 0 spiro atoms. The topological polar surface area (TPSA) is 72.5 Å². The van der Waals surface area contributed by atoms with Gasteiger partial charge >= 0.3 is 5.97 Å². The van der Waals surface area contributed by atoms with Crippen molar-refractivity contribution in [3.05, 3.63) is 24.3 Å². The highest BCUT2D eigenvalue weighted by molar-refractivity contribution is 5.76. The van der Waals surface area contributed by atoms with Gasteiger partial charge in [0.1, 0.15) is 11.6 Å². The van der Waals surface area contributed by atoms with Crippen LogP contribution in [-0.4, -0.2) is 23.4 Å². The third-order valence-corrected chi connectivity index (χ3v) is 1.82. The molecule has 2 atom stereocenters. The summed E-state index contributed by atoms with van der Waals surface area (Å²) < 4.78 is 4.75. The summed E-state index contributed by atoms with van der Waals surface area (Å²) >= 11 is 0. The van der Waals surface area contributed by atoms with E-state index in [9.17, 15) is 9.90 Å². The lowest BCUT2D eigenvalue weighted by Gasteiger charge is -2.27. The Hall–Kier alpha value is -1.13. The molecule has 0 fully saturated rings. The van der Waals surface area contributed by atoms with Gasteiger partial charge in [-0.05, 0) is 13.0 Å². The van der Waals surface area contributed by atoms with Gasteiger partial charge in [-0.25, -0.2) is 0 Å². The second-order valence-corrected chi connectivity index (χ2v) is 2.86. The van der Waals surface area contributed by atoms with Crippen LogP contribution in [0.1, 0.15) is 6.92 Å². The maximum atomic E-state index is 11.3. The summed E-state index contributed by atoms with van der Waals surface area (Å²) in [5, 5.41) is 9.57. The number of carbonyl (C=O) groups is 1. The molecule has 0 radical (unpaired) electrons. The summed E-state index contributed by atoms with van der Waals surface area (Å²) in [7, 11) is 0. The Morgan fingerprint density at radius 3 is 2.92 bits per heavy atom. The van der Waals surface area contributed by atoms with Gasteiger partial charge in [0.25, 0.3) is 0 Å². The Bertz CT molecular complexity index is 256. The number of ether oxygens (including phenoxy) is 1. The second-order valence-electron chi connectivity index (χ2n) is 2.86. The van der Waals surface area contributed by atoms with Crippen molar-refractivity contribution < 1.29 is 14.6 Å². The minimum absolute atomic E-state index is 0.281. The fraction of sp³-hybridized carbons (Fsp3) is 0.444. The molecule has 4 nitrogen and oxygen atoms in total. The van der Waals surface area contributed by atoms with E-state index in [2.05, 4.69) is 0 Å². The van der Waals surface area contributed by atoms with Crippen LogP contribution in [0.5, 0.6) is 0 Å². The van der Waals surface area contributed by atoms with Crippen molar-refractivity contribution in [2.45, 2.75) is 12.6 Å². The molecule has 0 aromatic heterocycles. The molecule has 2 unspecified atom stereocenters. The van der Waals surface area contributed by atoms with E-state index in [1.54, 1.807) is 19.1 Å². The molecule has 0 saturated heterocycles. The van der Waals surface area contributed by atoms with Gasteiger partial charge in [0, 0.05) is 0 Å². The molecule has 1 aliphatic carbocycles. The van der Waals surface area contributed by atoms with Crippen molar-refractivity contribution in [2.75, 3.05) is 6.61 Å². The van der Waals surface area contributed by atoms with E-state index in [4.69, 9.17) is 10.5 Å². The third-order valence-electron chi connectivity index (χ3n) is 1.82. The molecule has 0 bridgehead atoms. The molecule has 72 valence electrons. The third kappa shape index (κ3) is 2.17. The zero-order chi connectivity index (χ0) is 9.90. The van der Waals surface area contributed by atoms with Crippen LogP contribution >= 0.6 is 0 Å². The molecular weight excluding hydrogens is 170 g/mol. The van der Waals surface area contributed by atoms with Crippen molar-refractivity contribution in [2.24, 2.45) is 11.7 Å². The Morgan fingerprint density at radius 2 is 2.38 bits per heavy atom. The zero-order valence-corrected chi connectivity index (χ0v) is 7.43. The lowest BCUT2D eigenvalue weighted by molar-refractivity contribution is -0.152. The number of carbonyl (C=O) groups excluding carboxylic acids is 1. The van der Waals surface area contributed by atoms with Crippen molar-refractivity contribution in [1.82, 2.24) is 0 Å². The predicted molar refractivity (Wildman–Crippen MR) is 47.5 cm³/mol. The van der Waals surface area contributed by atoms with Crippen LogP contribution < -0.4 is 5.73 Å². The summed E-state index contributed by atoms with van der Waals surface area (Å²) in [5.41, 5.74) is 3.85. The van der Waals surface area contributed by atoms with Gasteiger partial charge in [0.05, 0.1) is 6.61 Å². The number of rotatable bonds is 2. The van der Waals surface area contributed by atoms with E-state index >= 15 is 0 Å². The number of allylic oxidation sites excluding steroid dienone is 2. The lowest BCUT2D eigenvalue weighted by atomic mass is 9.92. The minimum atomic E-state index is -1.62. The smallest absolute Gasteiger partial charge is 0.317 e. The molecule has 4 heteroatoms. The Morgan fingerprint density at radius 1 is 1.69 bits per heavy atom. The van der Waals surface area contributed by atoms with E-state index in [0.717, 1.165) is 0 Å². The number of aliphatic hydroxyl groups is 1. The van der Waals surface area contributed by atoms with Gasteiger partial charge in [-0.15, -0.1) is 0 Å². The van der Waals surface area contributed by atoms with Crippen LogP contribution in [0, 0.1) is 5.92 Å². The number of hydrogen-bond donors (Lipinski definition) is 2. The molecule has 13 heavy (non-hydrogen) atoms. The SMILES string of the molecule is CCOC(=O)C1C=CC=CC1(N)O. The van der Waals surface area contributed by atoms with Crippen LogP contribution in [0.25, 0.3) is 0 Å². The molecule has 1 aliphatic rings. The molecular formula is C9H13NO3. The highest BCUT2D eigenvalue weighted by Gasteiger charge is 2.36. The first-order valence-corrected chi connectivity index (χ1v) is 4.12. The maximum Gasteiger partial charge on any atom is 0.317 e. The van der Waals surface area contributed by atoms with Gasteiger partial charge in [-0.2, -0.15) is 0 Å². The first kappa shape index (κ1) is 9.95. The Kier molecular flexibility index (Phi) is 2.85. The predicted octanol–water partition coefficient (Wildman–Crippen LogP) is -0.0610. The molecule has 0 aromatic carbocycles. The first-order chi connectivity index (χ1) is 6.08. The molecule has 0 amide bonds. The first-order valence-electron chi connectivity index (χ1n) is 4.12. The van der Waals surface area contributed by atoms with Gasteiger partial charge in [-0.1, -0.05) is 18.2 Å². The number of hydrogen-bond acceptors (Lipinski definition) is 4. The van der Waals surface area contributed by atoms with Crippen molar-refractivity contribution in [3.63, 3.8) is 0 Å². The minimum Gasteiger partial charge on any atom is -0.465 e. The monoisotopic (exact) mass is 183 g/mol. The largest absolute Gasteiger partial charge is 0.465 e. The van der Waals surface area contributed by atoms with Gasteiger partial charge in [0.15, 0.2) is 0 Å². The average Bonchev–Trinajstić information content (AvgIpc) is 2.03. The molecule has 3 N–H and O–H groups in total. The van der Waals surface area contributed by atoms with Crippen LogP contribution in [0.3, 0.4) is 0 Å². The quantitative estimate of drug-likeness (QED) is 0.464. The van der Waals surface area contributed by atoms with Crippen molar-refractivity contribution in [1.29, 1.82) is 0 Å². The molecule has 0 aliphatic heterocycles. The van der Waals surface area contributed by atoms with Crippen molar-refractivity contribution in [3.8, 4) is 0 Å². The molecule has 1 rings (SSSR count). The summed E-state index contributed by atoms with van der Waals surface area (Å²) in [4.78, 5) is 11.3. The van der Waals surface area contributed by atoms with Crippen LogP contribution in [0.4, 0.5) is 0 Å². The maximum absolute atomic E-state index is 11.3. The van der Waals surface area contributed by atoms with Crippen LogP contribution in [0.2, 0.25) is 0 Å². The second kappa shape index (κ2) is 3.72. The summed E-state index contributed by atoms with van der Waals surface area (Å²) in [5.74, 6) is -1.31. The van der Waals surface area contributed by atoms with E-state index in [1.165, 1.54) is 12.2 Å². The van der Waals surface area contributed by atoms with E-state index < -0.39 is 17.6 Å². The van der Waals surface area contributed by atoms with Gasteiger partial charge < -0.3 is 9.84 Å². The average molecular weight is 183 g/mol. The summed E-state index contributed by atoms with van der Waals surface area (Å²) in [6, 6.07) is 0. The Labute approximate surface area is 76.7 Å². The van der Waals surface area contributed by atoms with Crippen LogP contribution in [-0.2, 0) is 9.53 Å². The summed E-state index contributed by atoms with van der Waals surface area (Å²) in [6.07, 6.45) is 6.14. The zero-order valence-electron chi connectivity index (χ0n) is 7.43. The van der Waals surface area contributed by atoms with Crippen LogP contribution in [0.15, 0.2) is 24.3 Å². The van der Waals surface area contributed by atoms with Crippen molar-refractivity contribution >= 4 is 5.97 Å². The lowest BCUT2D eigenvalue weighted by Crippen LogP contribution is -2.49. The molecule has 0 aromatic rings. The number of nitrogens with two attached hydrogens (primary N) is 1. The fourth-order valence-corrected chi connectivity index (χ4v) is 1.14. The highest BCUT2D eigenvalue weighted by Crippen LogP contribution is 2.20. The highest BCUT2D eigenvalue weighted by atomic mass is 16.5. The van der Waals surface area contributed by atoms with Gasteiger partial charge in [0.2, 0.25) is 0 Å². The molecule has 0 heterocycles. The van der Waals surface area contributed by atoms with E-state index in [1.807, 2.05) is 0 Å². The normalized spacial score (nSPS) is 31.8. The Balaban J connectivity index is 2.74. The van der Waals surface area contributed by atoms with Gasteiger partial charge in [-0.3, -0.25) is 10.5 Å².